The van der Waals surface area contributed by atoms with Crippen LogP contribution in [0.2, 0.25) is 0 Å². The Kier molecular flexibility index (Phi) is 49.4. The maximum Gasteiger partial charge on any atom is 0.361 e. The van der Waals surface area contributed by atoms with Crippen LogP contribution in [0.3, 0.4) is 0 Å². The molecule has 1 N–H and O–H groups in total. The minimum absolute atomic E-state index is 0.173. The SMILES string of the molecule is CC/C=C\C/C=C\C/C=C\C/C=C\C/C=C\C/C=C\C/C=C\C/C=C\C/C=C\CCCCCCCC(=O)OC(COC(=O)CCCCCCC/C=C\C/C=C\CCCC)COC(OCC[N+](C)(C)C)C(=O)O. The zero-order valence-corrected chi connectivity index (χ0v) is 46.0. The summed E-state index contributed by atoms with van der Waals surface area (Å²) in [5.74, 6) is -2.07. The molecule has 0 spiro atoms. The molecule has 9 heteroatoms. The zero-order valence-electron chi connectivity index (χ0n) is 46.0. The van der Waals surface area contributed by atoms with Crippen LogP contribution in [-0.2, 0) is 33.3 Å². The number of hydrogen-bond acceptors (Lipinski definition) is 7. The van der Waals surface area contributed by atoms with Crippen LogP contribution in [0.25, 0.3) is 0 Å². The molecule has 9 nitrogen and oxygen atoms in total. The molecule has 0 bridgehead atoms. The molecule has 72 heavy (non-hydrogen) atoms. The quantitative estimate of drug-likeness (QED) is 0.0211. The van der Waals surface area contributed by atoms with E-state index in [0.29, 0.717) is 17.4 Å². The van der Waals surface area contributed by atoms with Gasteiger partial charge >= 0.3 is 17.9 Å². The van der Waals surface area contributed by atoms with Crippen molar-refractivity contribution in [3.05, 3.63) is 134 Å². The van der Waals surface area contributed by atoms with Gasteiger partial charge in [-0.05, 0) is 109 Å². The van der Waals surface area contributed by atoms with Gasteiger partial charge in [-0.25, -0.2) is 4.79 Å². The molecule has 0 fully saturated rings. The number of carboxylic acid groups (broad SMARTS) is 1. The molecule has 0 aromatic heterocycles. The van der Waals surface area contributed by atoms with Crippen LogP contribution in [-0.4, -0.2) is 87.4 Å². The van der Waals surface area contributed by atoms with Gasteiger partial charge in [0.1, 0.15) is 13.2 Å². The van der Waals surface area contributed by atoms with Gasteiger partial charge in [0.15, 0.2) is 6.10 Å². The average Bonchev–Trinajstić information content (AvgIpc) is 3.35. The van der Waals surface area contributed by atoms with Crippen LogP contribution in [0.4, 0.5) is 0 Å². The van der Waals surface area contributed by atoms with Crippen molar-refractivity contribution < 1.29 is 42.9 Å². The normalized spacial score (nSPS) is 13.8. The molecular weight excluding hydrogens is 899 g/mol. The van der Waals surface area contributed by atoms with Crippen LogP contribution < -0.4 is 0 Å². The van der Waals surface area contributed by atoms with Crippen molar-refractivity contribution in [2.45, 2.75) is 200 Å². The van der Waals surface area contributed by atoms with E-state index in [0.717, 1.165) is 141 Å². The third-order valence-corrected chi connectivity index (χ3v) is 11.1. The number of allylic oxidation sites excluding steroid dienone is 22. The number of likely N-dealkylation sites (N-methyl/N-ethyl adjacent to an activating group) is 1. The summed E-state index contributed by atoms with van der Waals surface area (Å²) in [6.45, 7) is 4.65. The topological polar surface area (TPSA) is 108 Å². The zero-order chi connectivity index (χ0) is 52.7. The molecule has 0 aliphatic rings. The fraction of sp³-hybridized carbons (Fsp3) is 0.603. The van der Waals surface area contributed by atoms with Gasteiger partial charge in [0.05, 0.1) is 34.4 Å². The minimum atomic E-state index is -1.53. The number of esters is 2. The molecule has 406 valence electrons. The number of carboxylic acids is 1. The van der Waals surface area contributed by atoms with Gasteiger partial charge < -0.3 is 28.5 Å². The van der Waals surface area contributed by atoms with Gasteiger partial charge in [0, 0.05) is 12.8 Å². The second kappa shape index (κ2) is 52.7. The number of rotatable bonds is 49. The van der Waals surface area contributed by atoms with Crippen molar-refractivity contribution in [3.8, 4) is 0 Å². The molecule has 0 aliphatic carbocycles. The predicted molar refractivity (Wildman–Crippen MR) is 304 cm³/mol. The summed E-state index contributed by atoms with van der Waals surface area (Å²) in [4.78, 5) is 37.3. The Morgan fingerprint density at radius 1 is 0.431 bits per heavy atom. The van der Waals surface area contributed by atoms with E-state index in [-0.39, 0.29) is 38.6 Å². The van der Waals surface area contributed by atoms with Gasteiger partial charge in [-0.3, -0.25) is 9.59 Å². The number of carbonyl (C=O) groups excluding carboxylic acids is 2. The van der Waals surface area contributed by atoms with Crippen LogP contribution in [0.15, 0.2) is 134 Å². The number of nitrogens with zero attached hydrogens (tertiary/aromatic N) is 1. The van der Waals surface area contributed by atoms with Crippen LogP contribution in [0, 0.1) is 0 Å². The lowest BCUT2D eigenvalue weighted by Gasteiger charge is -2.25. The van der Waals surface area contributed by atoms with E-state index in [1.807, 2.05) is 21.1 Å². The standard InChI is InChI=1S/C63H101NO8/c1-6-8-10-12-14-16-18-20-22-23-24-25-26-27-28-29-30-31-32-33-34-35-36-37-38-39-40-42-44-46-48-50-52-54-61(66)72-59(58-71-63(62(67)68)69-56-55-64(3,4)5)57-70-60(65)53-51-49-47-45-43-41-21-19-17-15-13-11-9-7-2/h8,10,13-16,19-22,24-25,27-28,30-31,33-34,36-37,39-40,59,63H,6-7,9,11-12,17-18,23,26,29,32,35,38,41-58H2,1-5H3/p+1/b10-8-,15-13-,16-14-,21-19-,22-20-,25-24-,28-27-,31-30-,34-33-,37-36-,40-39-. The van der Waals surface area contributed by atoms with Crippen molar-refractivity contribution in [1.29, 1.82) is 0 Å². The van der Waals surface area contributed by atoms with Crippen LogP contribution >= 0.6 is 0 Å². The van der Waals surface area contributed by atoms with E-state index in [2.05, 4.69) is 148 Å². The molecule has 0 heterocycles. The third-order valence-electron chi connectivity index (χ3n) is 11.1. The highest BCUT2D eigenvalue weighted by molar-refractivity contribution is 5.71. The average molecular weight is 1000 g/mol. The summed E-state index contributed by atoms with van der Waals surface area (Å²) in [7, 11) is 5.94. The molecule has 0 rings (SSSR count). The van der Waals surface area contributed by atoms with Gasteiger partial charge in [0.2, 0.25) is 0 Å². The molecule has 0 aliphatic heterocycles. The second-order valence-electron chi connectivity index (χ2n) is 19.2. The fourth-order valence-electron chi connectivity index (χ4n) is 6.84. The monoisotopic (exact) mass is 1000 g/mol. The molecule has 2 unspecified atom stereocenters. The summed E-state index contributed by atoms with van der Waals surface area (Å²) in [6, 6.07) is 0. The highest BCUT2D eigenvalue weighted by Gasteiger charge is 2.25. The van der Waals surface area contributed by atoms with E-state index in [1.165, 1.54) is 12.8 Å². The number of ether oxygens (including phenoxy) is 4. The molecule has 0 amide bonds. The smallest absolute Gasteiger partial charge is 0.361 e. The lowest BCUT2D eigenvalue weighted by molar-refractivity contribution is -0.870. The van der Waals surface area contributed by atoms with E-state index in [4.69, 9.17) is 18.9 Å². The van der Waals surface area contributed by atoms with Gasteiger partial charge in [-0.2, -0.15) is 0 Å². The minimum Gasteiger partial charge on any atom is -0.477 e. The van der Waals surface area contributed by atoms with E-state index < -0.39 is 24.3 Å². The highest BCUT2D eigenvalue weighted by atomic mass is 16.7. The molecule has 0 saturated heterocycles. The van der Waals surface area contributed by atoms with Crippen molar-refractivity contribution in [1.82, 2.24) is 0 Å². The molecule has 0 aromatic carbocycles. The fourth-order valence-corrected chi connectivity index (χ4v) is 6.84. The Bertz CT molecular complexity index is 1640. The van der Waals surface area contributed by atoms with Crippen molar-refractivity contribution >= 4 is 17.9 Å². The highest BCUT2D eigenvalue weighted by Crippen LogP contribution is 2.13. The number of quaternary nitrogens is 1. The molecule has 0 radical (unpaired) electrons. The van der Waals surface area contributed by atoms with Crippen LogP contribution in [0.5, 0.6) is 0 Å². The first-order valence-electron chi connectivity index (χ1n) is 27.8. The summed E-state index contributed by atoms with van der Waals surface area (Å²) >= 11 is 0. The Balaban J connectivity index is 4.33. The number of aliphatic carboxylic acids is 1. The van der Waals surface area contributed by atoms with Crippen molar-refractivity contribution in [2.75, 3.05) is 47.5 Å². The van der Waals surface area contributed by atoms with E-state index in [1.54, 1.807) is 0 Å². The maximum absolute atomic E-state index is 12.8. The van der Waals surface area contributed by atoms with Crippen LogP contribution in [0.1, 0.15) is 187 Å². The molecule has 2 atom stereocenters. The number of unbranched alkanes of at least 4 members (excludes halogenated alkanes) is 12. The van der Waals surface area contributed by atoms with Gasteiger partial charge in [-0.1, -0.05) is 199 Å². The second-order valence-corrected chi connectivity index (χ2v) is 19.2. The van der Waals surface area contributed by atoms with Gasteiger partial charge in [0.25, 0.3) is 6.29 Å². The first-order valence-corrected chi connectivity index (χ1v) is 27.8. The maximum atomic E-state index is 12.8. The number of hydrogen-bond donors (Lipinski definition) is 1. The first kappa shape index (κ1) is 67.4. The van der Waals surface area contributed by atoms with E-state index >= 15 is 0 Å². The van der Waals surface area contributed by atoms with E-state index in [9.17, 15) is 19.5 Å². The predicted octanol–water partition coefficient (Wildman–Crippen LogP) is 16.3. The lowest BCUT2D eigenvalue weighted by Crippen LogP contribution is -2.40. The largest absolute Gasteiger partial charge is 0.477 e. The first-order chi connectivity index (χ1) is 35.1. The molecule has 0 aromatic rings. The van der Waals surface area contributed by atoms with Crippen molar-refractivity contribution in [3.63, 3.8) is 0 Å². The summed E-state index contributed by atoms with van der Waals surface area (Å²) in [5, 5.41) is 9.68. The summed E-state index contributed by atoms with van der Waals surface area (Å²) in [5.41, 5.74) is 0. The Hall–Kier alpha value is -4.57. The Morgan fingerprint density at radius 2 is 0.792 bits per heavy atom. The number of carbonyl (C=O) groups is 3. The summed E-state index contributed by atoms with van der Waals surface area (Å²) < 4.78 is 22.8. The van der Waals surface area contributed by atoms with Gasteiger partial charge in [-0.15, -0.1) is 0 Å². The Morgan fingerprint density at radius 3 is 1.18 bits per heavy atom. The molecular formula is C63H102NO8+. The Labute approximate surface area is 439 Å². The van der Waals surface area contributed by atoms with Crippen molar-refractivity contribution in [2.24, 2.45) is 0 Å². The lowest BCUT2D eigenvalue weighted by atomic mass is 10.1. The third kappa shape index (κ3) is 53.2. The molecule has 0 saturated carbocycles. The summed E-state index contributed by atoms with van der Waals surface area (Å²) in [6.07, 6.45) is 72.4.